The lowest BCUT2D eigenvalue weighted by atomic mass is 10.0. The number of aromatic nitrogens is 4. The predicted molar refractivity (Wildman–Crippen MR) is 120 cm³/mol. The molecular formula is C25H25N5O2. The van der Waals surface area contributed by atoms with Crippen molar-refractivity contribution in [3.8, 4) is 11.6 Å². The monoisotopic (exact) mass is 427 g/mol. The van der Waals surface area contributed by atoms with E-state index in [0.29, 0.717) is 43.3 Å². The average Bonchev–Trinajstić information content (AvgIpc) is 3.42. The SMILES string of the molecule is Cn1nc(-c2nc(Cc3ccccc3)no2)c2c1CCN(C(=O)CCc1ccccc1)C2. The molecule has 162 valence electrons. The maximum atomic E-state index is 12.9. The first-order chi connectivity index (χ1) is 15.7. The van der Waals surface area contributed by atoms with Crippen molar-refractivity contribution >= 4 is 5.91 Å². The van der Waals surface area contributed by atoms with E-state index in [4.69, 9.17) is 4.52 Å². The highest BCUT2D eigenvalue weighted by molar-refractivity contribution is 5.77. The minimum absolute atomic E-state index is 0.157. The van der Waals surface area contributed by atoms with E-state index in [1.165, 1.54) is 5.56 Å². The first-order valence-corrected chi connectivity index (χ1v) is 10.9. The van der Waals surface area contributed by atoms with Gasteiger partial charge in [-0.25, -0.2) is 0 Å². The molecule has 7 nitrogen and oxygen atoms in total. The molecule has 0 aliphatic carbocycles. The first-order valence-electron chi connectivity index (χ1n) is 10.9. The van der Waals surface area contributed by atoms with Crippen molar-refractivity contribution in [1.82, 2.24) is 24.8 Å². The molecule has 0 spiro atoms. The number of carbonyl (C=O) groups is 1. The van der Waals surface area contributed by atoms with E-state index in [-0.39, 0.29) is 5.91 Å². The maximum absolute atomic E-state index is 12.9. The zero-order chi connectivity index (χ0) is 21.9. The lowest BCUT2D eigenvalue weighted by Gasteiger charge is -2.27. The van der Waals surface area contributed by atoms with E-state index in [2.05, 4.69) is 27.4 Å². The highest BCUT2D eigenvalue weighted by atomic mass is 16.5. The predicted octanol–water partition coefficient (Wildman–Crippen LogP) is 3.58. The minimum atomic E-state index is 0.157. The summed E-state index contributed by atoms with van der Waals surface area (Å²) in [6, 6.07) is 20.2. The van der Waals surface area contributed by atoms with Crippen LogP contribution in [0.4, 0.5) is 0 Å². The molecule has 5 rings (SSSR count). The quantitative estimate of drug-likeness (QED) is 0.470. The number of hydrogen-bond acceptors (Lipinski definition) is 5. The fourth-order valence-electron chi connectivity index (χ4n) is 4.23. The molecule has 3 heterocycles. The van der Waals surface area contributed by atoms with Crippen LogP contribution in [-0.2, 0) is 37.6 Å². The molecule has 1 amide bonds. The number of fused-ring (bicyclic) bond motifs is 1. The summed E-state index contributed by atoms with van der Waals surface area (Å²) in [4.78, 5) is 19.4. The van der Waals surface area contributed by atoms with Gasteiger partial charge >= 0.3 is 0 Å². The largest absolute Gasteiger partial charge is 0.338 e. The van der Waals surface area contributed by atoms with Crippen molar-refractivity contribution < 1.29 is 9.32 Å². The Hall–Kier alpha value is -3.74. The highest BCUT2D eigenvalue weighted by Gasteiger charge is 2.29. The van der Waals surface area contributed by atoms with Gasteiger partial charge in [-0.15, -0.1) is 0 Å². The molecule has 1 aliphatic heterocycles. The Morgan fingerprint density at radius 2 is 1.75 bits per heavy atom. The number of carbonyl (C=O) groups excluding carboxylic acids is 1. The number of aryl methyl sites for hydroxylation is 2. The number of nitrogens with zero attached hydrogens (tertiary/aromatic N) is 5. The highest BCUT2D eigenvalue weighted by Crippen LogP contribution is 2.29. The normalized spacial score (nSPS) is 13.2. The summed E-state index contributed by atoms with van der Waals surface area (Å²) in [7, 11) is 1.93. The maximum Gasteiger partial charge on any atom is 0.278 e. The second-order valence-corrected chi connectivity index (χ2v) is 8.13. The summed E-state index contributed by atoms with van der Waals surface area (Å²) in [5.74, 6) is 1.19. The molecule has 7 heteroatoms. The summed E-state index contributed by atoms with van der Waals surface area (Å²) in [5, 5.41) is 8.80. The van der Waals surface area contributed by atoms with Crippen LogP contribution in [0.5, 0.6) is 0 Å². The van der Waals surface area contributed by atoms with Crippen molar-refractivity contribution in [3.63, 3.8) is 0 Å². The van der Waals surface area contributed by atoms with Crippen LogP contribution in [0, 0.1) is 0 Å². The minimum Gasteiger partial charge on any atom is -0.338 e. The number of benzene rings is 2. The Labute approximate surface area is 186 Å². The van der Waals surface area contributed by atoms with Crippen molar-refractivity contribution in [3.05, 3.63) is 88.9 Å². The Morgan fingerprint density at radius 3 is 2.50 bits per heavy atom. The number of rotatable bonds is 6. The second kappa shape index (κ2) is 8.78. The van der Waals surface area contributed by atoms with E-state index in [9.17, 15) is 4.79 Å². The summed E-state index contributed by atoms with van der Waals surface area (Å²) in [6.07, 6.45) is 2.61. The Morgan fingerprint density at radius 1 is 1.03 bits per heavy atom. The van der Waals surface area contributed by atoms with Crippen LogP contribution in [0.2, 0.25) is 0 Å². The second-order valence-electron chi connectivity index (χ2n) is 8.13. The molecule has 0 fully saturated rings. The van der Waals surface area contributed by atoms with Crippen LogP contribution in [0.3, 0.4) is 0 Å². The molecule has 1 aliphatic rings. The Balaban J connectivity index is 1.32. The van der Waals surface area contributed by atoms with Gasteiger partial charge in [0.25, 0.3) is 5.89 Å². The molecule has 0 radical (unpaired) electrons. The summed E-state index contributed by atoms with van der Waals surface area (Å²) >= 11 is 0. The van der Waals surface area contributed by atoms with E-state index in [1.54, 1.807) is 0 Å². The van der Waals surface area contributed by atoms with E-state index in [0.717, 1.165) is 29.7 Å². The molecule has 0 saturated carbocycles. The van der Waals surface area contributed by atoms with Gasteiger partial charge in [0.1, 0.15) is 0 Å². The lowest BCUT2D eigenvalue weighted by molar-refractivity contribution is -0.132. The van der Waals surface area contributed by atoms with Crippen LogP contribution >= 0.6 is 0 Å². The molecule has 4 aromatic rings. The molecule has 32 heavy (non-hydrogen) atoms. The molecule has 2 aromatic carbocycles. The molecule has 0 saturated heterocycles. The van der Waals surface area contributed by atoms with Crippen LogP contribution in [0.1, 0.15) is 34.6 Å². The molecule has 0 unspecified atom stereocenters. The van der Waals surface area contributed by atoms with Gasteiger partial charge in [0.15, 0.2) is 11.5 Å². The lowest BCUT2D eigenvalue weighted by Crippen LogP contribution is -2.36. The van der Waals surface area contributed by atoms with Gasteiger partial charge in [0.05, 0.1) is 0 Å². The number of hydrogen-bond donors (Lipinski definition) is 0. The van der Waals surface area contributed by atoms with Gasteiger partial charge in [0.2, 0.25) is 5.91 Å². The average molecular weight is 428 g/mol. The van der Waals surface area contributed by atoms with Crippen molar-refractivity contribution in [1.29, 1.82) is 0 Å². The molecule has 0 bridgehead atoms. The van der Waals surface area contributed by atoms with Gasteiger partial charge in [0, 0.05) is 50.7 Å². The number of amides is 1. The van der Waals surface area contributed by atoms with E-state index in [1.807, 2.05) is 65.2 Å². The van der Waals surface area contributed by atoms with Gasteiger partial charge in [-0.3, -0.25) is 9.48 Å². The Kier molecular flexibility index (Phi) is 5.54. The van der Waals surface area contributed by atoms with Crippen LogP contribution in [-0.4, -0.2) is 37.3 Å². The van der Waals surface area contributed by atoms with Gasteiger partial charge in [-0.05, 0) is 17.5 Å². The fraction of sp³-hybridized carbons (Fsp3) is 0.280. The van der Waals surface area contributed by atoms with Crippen LogP contribution in [0.25, 0.3) is 11.6 Å². The van der Waals surface area contributed by atoms with Crippen molar-refractivity contribution in [2.45, 2.75) is 32.2 Å². The van der Waals surface area contributed by atoms with Crippen LogP contribution in [0.15, 0.2) is 65.2 Å². The zero-order valence-corrected chi connectivity index (χ0v) is 18.1. The smallest absolute Gasteiger partial charge is 0.278 e. The summed E-state index contributed by atoms with van der Waals surface area (Å²) < 4.78 is 7.44. The van der Waals surface area contributed by atoms with Gasteiger partial charge < -0.3 is 9.42 Å². The zero-order valence-electron chi connectivity index (χ0n) is 18.1. The molecule has 0 atom stereocenters. The van der Waals surface area contributed by atoms with E-state index < -0.39 is 0 Å². The molecular weight excluding hydrogens is 402 g/mol. The third-order valence-electron chi connectivity index (χ3n) is 5.94. The Bertz CT molecular complexity index is 1210. The van der Waals surface area contributed by atoms with E-state index >= 15 is 0 Å². The van der Waals surface area contributed by atoms with Gasteiger partial charge in [-0.1, -0.05) is 65.8 Å². The van der Waals surface area contributed by atoms with Crippen LogP contribution < -0.4 is 0 Å². The topological polar surface area (TPSA) is 77.1 Å². The third kappa shape index (κ3) is 4.19. The van der Waals surface area contributed by atoms with Gasteiger partial charge in [-0.2, -0.15) is 10.1 Å². The van der Waals surface area contributed by atoms with Crippen molar-refractivity contribution in [2.24, 2.45) is 7.05 Å². The third-order valence-corrected chi connectivity index (χ3v) is 5.94. The first kappa shape index (κ1) is 20.2. The molecule has 0 N–H and O–H groups in total. The summed E-state index contributed by atoms with van der Waals surface area (Å²) in [5.41, 5.74) is 5.10. The molecule has 2 aromatic heterocycles. The fourth-order valence-corrected chi connectivity index (χ4v) is 4.23. The standard InChI is InChI=1S/C25H25N5O2/c1-29-21-14-15-30(23(31)13-12-18-8-4-2-5-9-18)17-20(21)24(27-29)25-26-22(28-32-25)16-19-10-6-3-7-11-19/h2-11H,12-17H2,1H3. The van der Waals surface area contributed by atoms with Crippen molar-refractivity contribution in [2.75, 3.05) is 6.54 Å². The summed E-state index contributed by atoms with van der Waals surface area (Å²) in [6.45, 7) is 1.21.